The Hall–Kier alpha value is -1.30. The molecule has 1 N–H and O–H groups in total. The van der Waals surface area contributed by atoms with E-state index in [1.54, 1.807) is 4.90 Å². The first-order valence-electron chi connectivity index (χ1n) is 6.13. The molecule has 0 radical (unpaired) electrons. The van der Waals surface area contributed by atoms with E-state index in [0.717, 1.165) is 6.54 Å². The monoisotopic (exact) mass is 259 g/mol. The van der Waals surface area contributed by atoms with Gasteiger partial charge in [-0.2, -0.15) is 0 Å². The maximum atomic E-state index is 12.2. The zero-order valence-corrected chi connectivity index (χ0v) is 12.2. The molecule has 106 valence electrons. The largest absolute Gasteiger partial charge is 0.480 e. The van der Waals surface area contributed by atoms with E-state index in [0.29, 0.717) is 6.54 Å². The van der Waals surface area contributed by atoms with Crippen LogP contribution in [0, 0.1) is 0 Å². The van der Waals surface area contributed by atoms with Crippen LogP contribution in [0.2, 0.25) is 0 Å². The fraction of sp³-hybridized carbons (Fsp3) is 0.833. The summed E-state index contributed by atoms with van der Waals surface area (Å²) in [6.07, 6.45) is 0. The van der Waals surface area contributed by atoms with Gasteiger partial charge in [-0.1, -0.05) is 0 Å². The molecule has 0 spiro atoms. The van der Waals surface area contributed by atoms with Gasteiger partial charge in [-0.25, -0.2) is 9.59 Å². The molecule has 2 unspecified atom stereocenters. The molecule has 0 fully saturated rings. The fourth-order valence-electron chi connectivity index (χ4n) is 1.80. The van der Waals surface area contributed by atoms with Gasteiger partial charge in [0.25, 0.3) is 0 Å². The maximum Gasteiger partial charge on any atom is 0.326 e. The summed E-state index contributed by atoms with van der Waals surface area (Å²) in [6.45, 7) is 6.66. The second kappa shape index (κ2) is 7.20. The second-order valence-electron chi connectivity index (χ2n) is 4.80. The molecule has 0 aromatic heterocycles. The third-order valence-electron chi connectivity index (χ3n) is 2.99. The average Bonchev–Trinajstić information content (AvgIpc) is 2.26. The van der Waals surface area contributed by atoms with Crippen molar-refractivity contribution in [3.05, 3.63) is 0 Å². The molecule has 6 nitrogen and oxygen atoms in total. The lowest BCUT2D eigenvalue weighted by molar-refractivity contribution is -0.141. The quantitative estimate of drug-likeness (QED) is 0.765. The molecule has 0 aromatic rings. The number of carboxylic acids is 1. The Morgan fingerprint density at radius 3 is 2.00 bits per heavy atom. The Bertz CT molecular complexity index is 294. The van der Waals surface area contributed by atoms with Crippen LogP contribution in [-0.4, -0.2) is 78.1 Å². The third-order valence-corrected chi connectivity index (χ3v) is 2.99. The zero-order valence-electron chi connectivity index (χ0n) is 12.2. The predicted molar refractivity (Wildman–Crippen MR) is 70.7 cm³/mol. The minimum atomic E-state index is -0.998. The summed E-state index contributed by atoms with van der Waals surface area (Å²) in [5, 5.41) is 8.92. The smallest absolute Gasteiger partial charge is 0.326 e. The lowest BCUT2D eigenvalue weighted by Crippen LogP contribution is -2.52. The first-order valence-corrected chi connectivity index (χ1v) is 6.13. The molecule has 0 aliphatic rings. The van der Waals surface area contributed by atoms with Gasteiger partial charge in [-0.3, -0.25) is 0 Å². The molecule has 0 aliphatic carbocycles. The van der Waals surface area contributed by atoms with Gasteiger partial charge >= 0.3 is 12.0 Å². The fourth-order valence-corrected chi connectivity index (χ4v) is 1.80. The Balaban J connectivity index is 4.75. The molecule has 0 aromatic carbocycles. The second-order valence-corrected chi connectivity index (χ2v) is 4.80. The Morgan fingerprint density at radius 2 is 1.67 bits per heavy atom. The van der Waals surface area contributed by atoms with Gasteiger partial charge in [0.05, 0.1) is 0 Å². The van der Waals surface area contributed by atoms with Crippen LogP contribution in [0.3, 0.4) is 0 Å². The van der Waals surface area contributed by atoms with Gasteiger partial charge in [0, 0.05) is 26.2 Å². The summed E-state index contributed by atoms with van der Waals surface area (Å²) in [4.78, 5) is 28.0. The van der Waals surface area contributed by atoms with E-state index < -0.39 is 12.0 Å². The highest BCUT2D eigenvalue weighted by Crippen LogP contribution is 2.07. The van der Waals surface area contributed by atoms with E-state index in [1.165, 1.54) is 18.9 Å². The molecule has 0 heterocycles. The van der Waals surface area contributed by atoms with Crippen LogP contribution < -0.4 is 0 Å². The van der Waals surface area contributed by atoms with Crippen LogP contribution in [0.1, 0.15) is 20.8 Å². The van der Waals surface area contributed by atoms with Crippen molar-refractivity contribution in [1.29, 1.82) is 0 Å². The van der Waals surface area contributed by atoms with Crippen LogP contribution in [-0.2, 0) is 4.79 Å². The maximum absolute atomic E-state index is 12.2. The standard InChI is InChI=1S/C12H25N3O3/c1-7-15(9(2)8-13(4)5)12(18)14(6)10(3)11(16)17/h9-10H,7-8H2,1-6H3,(H,16,17). The molecular weight excluding hydrogens is 234 g/mol. The van der Waals surface area contributed by atoms with Gasteiger partial charge in [0.2, 0.25) is 0 Å². The van der Waals surface area contributed by atoms with Crippen LogP contribution in [0.4, 0.5) is 4.79 Å². The molecule has 0 saturated carbocycles. The predicted octanol–water partition coefficient (Wildman–Crippen LogP) is 0.783. The van der Waals surface area contributed by atoms with Crippen LogP contribution >= 0.6 is 0 Å². The minimum Gasteiger partial charge on any atom is -0.480 e. The highest BCUT2D eigenvalue weighted by atomic mass is 16.4. The number of likely N-dealkylation sites (N-methyl/N-ethyl adjacent to an activating group) is 3. The normalized spacial score (nSPS) is 14.2. The van der Waals surface area contributed by atoms with E-state index in [1.807, 2.05) is 32.8 Å². The summed E-state index contributed by atoms with van der Waals surface area (Å²) in [7, 11) is 5.41. The van der Waals surface area contributed by atoms with Crippen molar-refractivity contribution < 1.29 is 14.7 Å². The molecule has 18 heavy (non-hydrogen) atoms. The number of carbonyl (C=O) groups is 2. The van der Waals surface area contributed by atoms with Gasteiger partial charge < -0.3 is 19.8 Å². The summed E-state index contributed by atoms with van der Waals surface area (Å²) < 4.78 is 0. The van der Waals surface area contributed by atoms with Gasteiger partial charge in [0.15, 0.2) is 0 Å². The summed E-state index contributed by atoms with van der Waals surface area (Å²) in [6, 6.07) is -1.03. The lowest BCUT2D eigenvalue weighted by atomic mass is 10.2. The van der Waals surface area contributed by atoms with Crippen LogP contribution in [0.25, 0.3) is 0 Å². The Labute approximate surface area is 109 Å². The third kappa shape index (κ3) is 4.52. The van der Waals surface area contributed by atoms with Crippen molar-refractivity contribution in [2.75, 3.05) is 34.2 Å². The molecule has 6 heteroatoms. The summed E-state index contributed by atoms with van der Waals surface area (Å²) in [5.41, 5.74) is 0. The van der Waals surface area contributed by atoms with Crippen molar-refractivity contribution in [2.45, 2.75) is 32.9 Å². The molecule has 2 amide bonds. The first kappa shape index (κ1) is 16.7. The van der Waals surface area contributed by atoms with Gasteiger partial charge in [-0.05, 0) is 34.9 Å². The molecule has 2 atom stereocenters. The molecule has 0 saturated heterocycles. The topological polar surface area (TPSA) is 64.1 Å². The van der Waals surface area contributed by atoms with Crippen molar-refractivity contribution in [2.24, 2.45) is 0 Å². The number of nitrogens with zero attached hydrogens (tertiary/aromatic N) is 3. The van der Waals surface area contributed by atoms with E-state index in [4.69, 9.17) is 5.11 Å². The number of hydrogen-bond acceptors (Lipinski definition) is 3. The number of hydrogen-bond donors (Lipinski definition) is 1. The molecule has 0 rings (SSSR count). The number of rotatable bonds is 6. The highest BCUT2D eigenvalue weighted by molar-refractivity contribution is 5.82. The zero-order chi connectivity index (χ0) is 14.5. The minimum absolute atomic E-state index is 0.0425. The Morgan fingerprint density at radius 1 is 1.17 bits per heavy atom. The van der Waals surface area contributed by atoms with Crippen LogP contribution in [0.5, 0.6) is 0 Å². The SMILES string of the molecule is CCN(C(=O)N(C)C(C)C(=O)O)C(C)CN(C)C. The number of amides is 2. The number of carboxylic acid groups (broad SMARTS) is 1. The summed E-state index contributed by atoms with van der Waals surface area (Å²) in [5.74, 6) is -0.998. The van der Waals surface area contributed by atoms with Crippen molar-refractivity contribution in [3.8, 4) is 0 Å². The molecule has 0 aliphatic heterocycles. The van der Waals surface area contributed by atoms with E-state index in [-0.39, 0.29) is 12.1 Å². The molecular formula is C12H25N3O3. The highest BCUT2D eigenvalue weighted by Gasteiger charge is 2.27. The Kier molecular flexibility index (Phi) is 6.68. The van der Waals surface area contributed by atoms with Crippen molar-refractivity contribution >= 4 is 12.0 Å². The lowest BCUT2D eigenvalue weighted by Gasteiger charge is -2.34. The van der Waals surface area contributed by atoms with E-state index in [9.17, 15) is 9.59 Å². The van der Waals surface area contributed by atoms with Crippen molar-refractivity contribution in [1.82, 2.24) is 14.7 Å². The number of urea groups is 1. The summed E-state index contributed by atoms with van der Waals surface area (Å²) >= 11 is 0. The first-order chi connectivity index (χ1) is 8.22. The number of carbonyl (C=O) groups excluding carboxylic acids is 1. The number of aliphatic carboxylic acids is 1. The van der Waals surface area contributed by atoms with Gasteiger partial charge in [0.1, 0.15) is 6.04 Å². The van der Waals surface area contributed by atoms with E-state index >= 15 is 0 Å². The average molecular weight is 259 g/mol. The van der Waals surface area contributed by atoms with Crippen molar-refractivity contribution in [3.63, 3.8) is 0 Å². The van der Waals surface area contributed by atoms with Gasteiger partial charge in [-0.15, -0.1) is 0 Å². The molecule has 0 bridgehead atoms. The van der Waals surface area contributed by atoms with Crippen LogP contribution in [0.15, 0.2) is 0 Å². The van der Waals surface area contributed by atoms with E-state index in [2.05, 4.69) is 0 Å².